The fourth-order valence-electron chi connectivity index (χ4n) is 3.12. The molecule has 9 heteroatoms. The van der Waals surface area contributed by atoms with Crippen molar-refractivity contribution < 1.29 is 9.53 Å². The van der Waals surface area contributed by atoms with E-state index in [0.717, 1.165) is 27.0 Å². The number of benzene rings is 3. The van der Waals surface area contributed by atoms with Crippen molar-refractivity contribution in [3.05, 3.63) is 88.9 Å². The van der Waals surface area contributed by atoms with Gasteiger partial charge in [-0.1, -0.05) is 70.2 Å². The van der Waals surface area contributed by atoms with E-state index >= 15 is 0 Å². The van der Waals surface area contributed by atoms with E-state index < -0.39 is 0 Å². The predicted molar refractivity (Wildman–Crippen MR) is 139 cm³/mol. The molecule has 0 aliphatic heterocycles. The SMILES string of the molecule is CCOc1ccc(-n2c(SCC(=O)N/N=C\c3ccc(Br)cc3)nnc2-c2ccccc2)cc1. The Bertz CT molecular complexity index is 1260. The minimum atomic E-state index is -0.235. The molecule has 1 amide bonds. The molecule has 0 aliphatic rings. The number of carbonyl (C=O) groups is 1. The molecule has 4 aromatic rings. The fraction of sp³-hybridized carbons (Fsp3) is 0.120. The Morgan fingerprint density at radius 2 is 1.79 bits per heavy atom. The summed E-state index contributed by atoms with van der Waals surface area (Å²) in [5.41, 5.74) is 5.26. The first-order valence-electron chi connectivity index (χ1n) is 10.6. The number of aromatic nitrogens is 3. The van der Waals surface area contributed by atoms with Crippen LogP contribution in [0.5, 0.6) is 5.75 Å². The molecule has 34 heavy (non-hydrogen) atoms. The summed E-state index contributed by atoms with van der Waals surface area (Å²) >= 11 is 4.69. The van der Waals surface area contributed by atoms with Gasteiger partial charge in [0.05, 0.1) is 18.6 Å². The molecule has 3 aromatic carbocycles. The molecule has 0 aliphatic carbocycles. The monoisotopic (exact) mass is 535 g/mol. The van der Waals surface area contributed by atoms with Gasteiger partial charge in [-0.2, -0.15) is 5.10 Å². The number of nitrogens with one attached hydrogen (secondary N) is 1. The minimum Gasteiger partial charge on any atom is -0.494 e. The number of amides is 1. The van der Waals surface area contributed by atoms with E-state index in [0.29, 0.717) is 17.6 Å². The summed E-state index contributed by atoms with van der Waals surface area (Å²) in [6.45, 7) is 2.55. The molecule has 0 radical (unpaired) electrons. The standard InChI is InChI=1S/C25H22BrN5O2S/c1-2-33-22-14-12-21(13-15-22)31-24(19-6-4-3-5-7-19)29-30-25(31)34-17-23(32)28-27-16-18-8-10-20(26)11-9-18/h3-16H,2,17H2,1H3,(H,28,32)/b27-16-. The third kappa shape index (κ3) is 6.12. The lowest BCUT2D eigenvalue weighted by Crippen LogP contribution is -2.20. The molecule has 0 fully saturated rings. The molecular weight excluding hydrogens is 514 g/mol. The fourth-order valence-corrected chi connectivity index (χ4v) is 4.13. The van der Waals surface area contributed by atoms with Gasteiger partial charge >= 0.3 is 0 Å². The summed E-state index contributed by atoms with van der Waals surface area (Å²) < 4.78 is 8.48. The van der Waals surface area contributed by atoms with Crippen molar-refractivity contribution in [2.24, 2.45) is 5.10 Å². The number of halogens is 1. The van der Waals surface area contributed by atoms with E-state index in [2.05, 4.69) is 36.7 Å². The lowest BCUT2D eigenvalue weighted by atomic mass is 10.2. The van der Waals surface area contributed by atoms with Crippen molar-refractivity contribution in [1.82, 2.24) is 20.2 Å². The van der Waals surface area contributed by atoms with E-state index in [4.69, 9.17) is 4.74 Å². The van der Waals surface area contributed by atoms with Crippen LogP contribution in [0.1, 0.15) is 12.5 Å². The van der Waals surface area contributed by atoms with E-state index in [1.165, 1.54) is 11.8 Å². The largest absolute Gasteiger partial charge is 0.494 e. The van der Waals surface area contributed by atoms with Crippen LogP contribution in [0.2, 0.25) is 0 Å². The molecular formula is C25H22BrN5O2S. The first-order chi connectivity index (χ1) is 16.6. The Morgan fingerprint density at radius 1 is 1.06 bits per heavy atom. The first-order valence-corrected chi connectivity index (χ1v) is 12.4. The Hall–Kier alpha value is -3.43. The number of thioether (sulfide) groups is 1. The Morgan fingerprint density at radius 3 is 2.50 bits per heavy atom. The van der Waals surface area contributed by atoms with E-state index in [1.54, 1.807) is 6.21 Å². The lowest BCUT2D eigenvalue weighted by Gasteiger charge is -2.11. The van der Waals surface area contributed by atoms with E-state index in [9.17, 15) is 4.79 Å². The van der Waals surface area contributed by atoms with Crippen molar-refractivity contribution in [2.75, 3.05) is 12.4 Å². The van der Waals surface area contributed by atoms with Gasteiger partial charge in [-0.25, -0.2) is 5.43 Å². The summed E-state index contributed by atoms with van der Waals surface area (Å²) in [4.78, 5) is 12.4. The predicted octanol–water partition coefficient (Wildman–Crippen LogP) is 5.34. The topological polar surface area (TPSA) is 81.4 Å². The highest BCUT2D eigenvalue weighted by Crippen LogP contribution is 2.28. The van der Waals surface area contributed by atoms with Crippen molar-refractivity contribution in [2.45, 2.75) is 12.1 Å². The van der Waals surface area contributed by atoms with Crippen LogP contribution in [-0.4, -0.2) is 39.2 Å². The smallest absolute Gasteiger partial charge is 0.250 e. The molecule has 172 valence electrons. The summed E-state index contributed by atoms with van der Waals surface area (Å²) in [7, 11) is 0. The summed E-state index contributed by atoms with van der Waals surface area (Å²) in [5, 5.41) is 13.4. The highest BCUT2D eigenvalue weighted by atomic mass is 79.9. The number of hydrogen-bond acceptors (Lipinski definition) is 6. The van der Waals surface area contributed by atoms with Gasteiger partial charge in [0, 0.05) is 15.7 Å². The molecule has 1 N–H and O–H groups in total. The van der Waals surface area contributed by atoms with Crippen molar-refractivity contribution in [1.29, 1.82) is 0 Å². The number of rotatable bonds is 9. The third-order valence-corrected chi connectivity index (χ3v) is 6.13. The quantitative estimate of drug-likeness (QED) is 0.178. The van der Waals surface area contributed by atoms with Gasteiger partial charge in [-0.3, -0.25) is 9.36 Å². The van der Waals surface area contributed by atoms with Gasteiger partial charge in [0.25, 0.3) is 5.91 Å². The maximum atomic E-state index is 12.4. The lowest BCUT2D eigenvalue weighted by molar-refractivity contribution is -0.118. The molecule has 0 spiro atoms. The zero-order valence-electron chi connectivity index (χ0n) is 18.4. The van der Waals surface area contributed by atoms with Crippen molar-refractivity contribution in [3.8, 4) is 22.8 Å². The summed E-state index contributed by atoms with van der Waals surface area (Å²) in [6, 6.07) is 25.2. The molecule has 0 unspecified atom stereocenters. The molecule has 0 saturated heterocycles. The number of ether oxygens (including phenoxy) is 1. The summed E-state index contributed by atoms with van der Waals surface area (Å²) in [6.07, 6.45) is 1.60. The van der Waals surface area contributed by atoms with E-state index in [1.807, 2.05) is 90.4 Å². The average molecular weight is 536 g/mol. The van der Waals surface area contributed by atoms with Gasteiger partial charge < -0.3 is 4.74 Å². The second-order valence-electron chi connectivity index (χ2n) is 7.07. The second-order valence-corrected chi connectivity index (χ2v) is 8.93. The summed E-state index contributed by atoms with van der Waals surface area (Å²) in [5.74, 6) is 1.39. The second kappa shape index (κ2) is 11.6. The maximum absolute atomic E-state index is 12.4. The Kier molecular flexibility index (Phi) is 8.11. The van der Waals surface area contributed by atoms with Crippen LogP contribution in [0.3, 0.4) is 0 Å². The number of hydrogen-bond donors (Lipinski definition) is 1. The van der Waals surface area contributed by atoms with Crippen molar-refractivity contribution in [3.63, 3.8) is 0 Å². The van der Waals surface area contributed by atoms with Gasteiger partial charge in [0.15, 0.2) is 11.0 Å². The number of nitrogens with zero attached hydrogens (tertiary/aromatic N) is 4. The molecule has 4 rings (SSSR count). The first kappa shape index (κ1) is 23.7. The number of hydrazone groups is 1. The van der Waals surface area contributed by atoms with Gasteiger partial charge in [0.2, 0.25) is 0 Å². The van der Waals surface area contributed by atoms with Crippen LogP contribution in [0.4, 0.5) is 0 Å². The van der Waals surface area contributed by atoms with E-state index in [-0.39, 0.29) is 11.7 Å². The van der Waals surface area contributed by atoms with Crippen LogP contribution in [0.15, 0.2) is 93.6 Å². The molecule has 1 heterocycles. The average Bonchev–Trinajstić information content (AvgIpc) is 3.29. The van der Waals surface area contributed by atoms with Crippen LogP contribution in [0.25, 0.3) is 17.1 Å². The molecule has 0 bridgehead atoms. The third-order valence-electron chi connectivity index (χ3n) is 4.68. The molecule has 0 saturated carbocycles. The van der Waals surface area contributed by atoms with Crippen LogP contribution < -0.4 is 10.2 Å². The Labute approximate surface area is 210 Å². The minimum absolute atomic E-state index is 0.141. The van der Waals surface area contributed by atoms with Gasteiger partial charge in [0.1, 0.15) is 5.75 Å². The molecule has 0 atom stereocenters. The zero-order valence-corrected chi connectivity index (χ0v) is 20.8. The normalized spacial score (nSPS) is 11.0. The molecule has 1 aromatic heterocycles. The Balaban J connectivity index is 1.50. The van der Waals surface area contributed by atoms with Crippen LogP contribution in [-0.2, 0) is 4.79 Å². The number of carbonyl (C=O) groups excluding carboxylic acids is 1. The highest BCUT2D eigenvalue weighted by Gasteiger charge is 2.17. The van der Waals surface area contributed by atoms with Gasteiger partial charge in [-0.15, -0.1) is 10.2 Å². The highest BCUT2D eigenvalue weighted by molar-refractivity contribution is 9.10. The van der Waals surface area contributed by atoms with Crippen LogP contribution in [0, 0.1) is 0 Å². The molecule has 7 nitrogen and oxygen atoms in total. The van der Waals surface area contributed by atoms with Crippen molar-refractivity contribution >= 4 is 39.8 Å². The zero-order chi connectivity index (χ0) is 23.8. The maximum Gasteiger partial charge on any atom is 0.250 e. The van der Waals surface area contributed by atoms with Gasteiger partial charge in [-0.05, 0) is 48.9 Å². The van der Waals surface area contributed by atoms with Crippen LogP contribution >= 0.6 is 27.7 Å².